The van der Waals surface area contributed by atoms with Gasteiger partial charge in [0.15, 0.2) is 0 Å². The monoisotopic (exact) mass is 367 g/mol. The van der Waals surface area contributed by atoms with E-state index in [1.165, 1.54) is 6.42 Å². The summed E-state index contributed by atoms with van der Waals surface area (Å²) in [6, 6.07) is 12.3. The Hall–Kier alpha value is -2.14. The van der Waals surface area contributed by atoms with Crippen molar-refractivity contribution >= 4 is 5.91 Å². The third kappa shape index (κ3) is 3.53. The van der Waals surface area contributed by atoms with Crippen LogP contribution in [0.2, 0.25) is 0 Å². The topological polar surface area (TPSA) is 69.2 Å². The molecule has 2 aromatic rings. The average Bonchev–Trinajstić information content (AvgIpc) is 3.28. The smallest absolute Gasteiger partial charge is 0.233 e. The minimum Gasteiger partial charge on any atom is -0.391 e. The van der Waals surface area contributed by atoms with Crippen LogP contribution < -0.4 is 0 Å². The number of carbonyl (C=O) groups is 1. The first-order valence-corrected chi connectivity index (χ1v) is 10.1. The first-order valence-electron chi connectivity index (χ1n) is 10.1. The van der Waals surface area contributed by atoms with E-state index in [9.17, 15) is 9.90 Å². The summed E-state index contributed by atoms with van der Waals surface area (Å²) in [6.45, 7) is 3.02. The van der Waals surface area contributed by atoms with Crippen molar-refractivity contribution < 1.29 is 9.90 Å². The number of nitrogens with zero attached hydrogens (tertiary/aromatic N) is 2. The molecular weight excluding hydrogens is 338 g/mol. The molecule has 1 aliphatic carbocycles. The summed E-state index contributed by atoms with van der Waals surface area (Å²) in [5.74, 6) is 0.251. The maximum Gasteiger partial charge on any atom is 0.233 e. The summed E-state index contributed by atoms with van der Waals surface area (Å²) in [5.41, 5.74) is 2.70. The fourth-order valence-electron chi connectivity index (χ4n) is 4.91. The van der Waals surface area contributed by atoms with E-state index < -0.39 is 11.5 Å². The summed E-state index contributed by atoms with van der Waals surface area (Å²) >= 11 is 0. The van der Waals surface area contributed by atoms with E-state index in [0.717, 1.165) is 42.6 Å². The van der Waals surface area contributed by atoms with E-state index in [4.69, 9.17) is 0 Å². The lowest BCUT2D eigenvalue weighted by atomic mass is 9.68. The quantitative estimate of drug-likeness (QED) is 0.873. The SMILES string of the molecule is Cc1cc(CC2CN(C(=O)C3(c4ccccc4)CCCCC3)CC2O)n[nH]1. The van der Waals surface area contributed by atoms with E-state index in [0.29, 0.717) is 19.5 Å². The number of nitrogens with one attached hydrogen (secondary N) is 1. The normalized spacial score (nSPS) is 24.9. The number of aryl methyl sites for hydroxylation is 1. The molecular formula is C22H29N3O2. The zero-order valence-electron chi connectivity index (χ0n) is 16.0. The minimum absolute atomic E-state index is 0.0491. The fourth-order valence-corrected chi connectivity index (χ4v) is 4.91. The molecule has 2 aliphatic rings. The second-order valence-electron chi connectivity index (χ2n) is 8.29. The number of likely N-dealkylation sites (tertiary alicyclic amines) is 1. The minimum atomic E-state index is -0.484. The number of aliphatic hydroxyl groups excluding tert-OH is 1. The van der Waals surface area contributed by atoms with Crippen LogP contribution in [0.5, 0.6) is 0 Å². The molecule has 0 radical (unpaired) electrons. The van der Waals surface area contributed by atoms with Crippen LogP contribution in [0.25, 0.3) is 0 Å². The van der Waals surface area contributed by atoms with Gasteiger partial charge in [0.2, 0.25) is 5.91 Å². The third-order valence-corrected chi connectivity index (χ3v) is 6.37. The van der Waals surface area contributed by atoms with Crippen molar-refractivity contribution in [2.45, 2.75) is 57.0 Å². The Morgan fingerprint density at radius 2 is 1.96 bits per heavy atom. The Labute approximate surface area is 160 Å². The number of amides is 1. The van der Waals surface area contributed by atoms with E-state index in [1.54, 1.807) is 0 Å². The maximum atomic E-state index is 13.7. The number of benzene rings is 1. The standard InChI is InChI=1S/C22H29N3O2/c1-16-12-19(24-23-16)13-17-14-25(15-20(17)26)21(27)22(10-6-3-7-11-22)18-8-4-2-5-9-18/h2,4-5,8-9,12,17,20,26H,3,6-7,10-11,13-15H2,1H3,(H,23,24). The second-order valence-corrected chi connectivity index (χ2v) is 8.29. The van der Waals surface area contributed by atoms with Gasteiger partial charge in [-0.1, -0.05) is 49.6 Å². The molecule has 1 aromatic heterocycles. The number of aliphatic hydroxyl groups is 1. The van der Waals surface area contributed by atoms with Gasteiger partial charge in [-0.05, 0) is 37.8 Å². The van der Waals surface area contributed by atoms with Gasteiger partial charge in [0.25, 0.3) is 0 Å². The molecule has 2 N–H and O–H groups in total. The van der Waals surface area contributed by atoms with Gasteiger partial charge in [0.05, 0.1) is 17.2 Å². The largest absolute Gasteiger partial charge is 0.391 e. The summed E-state index contributed by atoms with van der Waals surface area (Å²) in [5, 5.41) is 17.9. The fraction of sp³-hybridized carbons (Fsp3) is 0.545. The van der Waals surface area contributed by atoms with Gasteiger partial charge in [-0.2, -0.15) is 5.10 Å². The first kappa shape index (κ1) is 18.2. The number of aromatic amines is 1. The molecule has 27 heavy (non-hydrogen) atoms. The Kier molecular flexibility index (Phi) is 5.04. The first-order chi connectivity index (χ1) is 13.1. The Balaban J connectivity index is 1.53. The van der Waals surface area contributed by atoms with Crippen molar-refractivity contribution in [1.29, 1.82) is 0 Å². The lowest BCUT2D eigenvalue weighted by molar-refractivity contribution is -0.138. The van der Waals surface area contributed by atoms with E-state index >= 15 is 0 Å². The van der Waals surface area contributed by atoms with Crippen LogP contribution in [0.4, 0.5) is 0 Å². The van der Waals surface area contributed by atoms with Crippen molar-refractivity contribution in [2.24, 2.45) is 5.92 Å². The number of carbonyl (C=O) groups excluding carboxylic acids is 1. The number of H-pyrrole nitrogens is 1. The molecule has 5 heteroatoms. The molecule has 0 bridgehead atoms. The Morgan fingerprint density at radius 1 is 1.22 bits per heavy atom. The van der Waals surface area contributed by atoms with Gasteiger partial charge in [-0.25, -0.2) is 0 Å². The van der Waals surface area contributed by atoms with Crippen LogP contribution in [-0.2, 0) is 16.6 Å². The van der Waals surface area contributed by atoms with Crippen molar-refractivity contribution in [1.82, 2.24) is 15.1 Å². The summed E-state index contributed by atoms with van der Waals surface area (Å²) in [6.07, 6.45) is 5.42. The molecule has 1 amide bonds. The third-order valence-electron chi connectivity index (χ3n) is 6.37. The molecule has 5 nitrogen and oxygen atoms in total. The van der Waals surface area contributed by atoms with Crippen LogP contribution in [0.3, 0.4) is 0 Å². The molecule has 1 saturated carbocycles. The van der Waals surface area contributed by atoms with Crippen LogP contribution >= 0.6 is 0 Å². The second kappa shape index (κ2) is 7.47. The zero-order chi connectivity index (χ0) is 18.9. The van der Waals surface area contributed by atoms with Crippen molar-refractivity contribution in [3.05, 3.63) is 53.3 Å². The Morgan fingerprint density at radius 3 is 2.63 bits per heavy atom. The molecule has 0 spiro atoms. The van der Waals surface area contributed by atoms with Crippen LogP contribution in [0, 0.1) is 12.8 Å². The molecule has 1 saturated heterocycles. The molecule has 2 atom stereocenters. The average molecular weight is 367 g/mol. The predicted octanol–water partition coefficient (Wildman–Crippen LogP) is 2.98. The number of aromatic nitrogens is 2. The van der Waals surface area contributed by atoms with Crippen LogP contribution in [0.15, 0.2) is 36.4 Å². The highest BCUT2D eigenvalue weighted by atomic mass is 16.3. The van der Waals surface area contributed by atoms with Crippen LogP contribution in [0.1, 0.15) is 49.1 Å². The molecule has 144 valence electrons. The van der Waals surface area contributed by atoms with Gasteiger partial charge < -0.3 is 10.0 Å². The van der Waals surface area contributed by atoms with E-state index in [1.807, 2.05) is 36.1 Å². The molecule has 2 unspecified atom stereocenters. The summed E-state index contributed by atoms with van der Waals surface area (Å²) < 4.78 is 0. The van der Waals surface area contributed by atoms with Crippen molar-refractivity contribution in [3.63, 3.8) is 0 Å². The lowest BCUT2D eigenvalue weighted by Crippen LogP contribution is -2.47. The molecule has 1 aliphatic heterocycles. The highest BCUT2D eigenvalue weighted by molar-refractivity contribution is 5.88. The van der Waals surface area contributed by atoms with Gasteiger partial charge >= 0.3 is 0 Å². The van der Waals surface area contributed by atoms with Gasteiger partial charge in [-0.3, -0.25) is 9.89 Å². The van der Waals surface area contributed by atoms with Gasteiger partial charge in [0.1, 0.15) is 0 Å². The van der Waals surface area contributed by atoms with Crippen molar-refractivity contribution in [3.8, 4) is 0 Å². The molecule has 2 heterocycles. The lowest BCUT2D eigenvalue weighted by Gasteiger charge is -2.39. The van der Waals surface area contributed by atoms with E-state index in [2.05, 4.69) is 22.3 Å². The molecule has 2 fully saturated rings. The van der Waals surface area contributed by atoms with Gasteiger partial charge in [-0.15, -0.1) is 0 Å². The summed E-state index contributed by atoms with van der Waals surface area (Å²) in [4.78, 5) is 15.6. The molecule has 1 aromatic carbocycles. The zero-order valence-corrected chi connectivity index (χ0v) is 16.0. The number of hydrogen-bond donors (Lipinski definition) is 2. The number of rotatable bonds is 4. The van der Waals surface area contributed by atoms with Crippen LogP contribution in [-0.4, -0.2) is 45.3 Å². The highest BCUT2D eigenvalue weighted by Gasteiger charge is 2.46. The van der Waals surface area contributed by atoms with E-state index in [-0.39, 0.29) is 11.8 Å². The van der Waals surface area contributed by atoms with Gasteiger partial charge in [0, 0.05) is 24.7 Å². The summed E-state index contributed by atoms with van der Waals surface area (Å²) in [7, 11) is 0. The number of hydrogen-bond acceptors (Lipinski definition) is 3. The predicted molar refractivity (Wildman–Crippen MR) is 104 cm³/mol. The number of β-amino-alcohol motifs (C(OH)–C–C–N with tert-alkyl or cyclic N) is 1. The Bertz CT molecular complexity index is 780. The van der Waals surface area contributed by atoms with Crippen molar-refractivity contribution in [2.75, 3.05) is 13.1 Å². The maximum absolute atomic E-state index is 13.7. The molecule has 4 rings (SSSR count). The highest BCUT2D eigenvalue weighted by Crippen LogP contribution is 2.42.